The maximum Gasteiger partial charge on any atom is 0.218 e. The van der Waals surface area contributed by atoms with E-state index in [0.29, 0.717) is 17.2 Å². The highest BCUT2D eigenvalue weighted by Gasteiger charge is 2.17. The first kappa shape index (κ1) is 17.1. The Morgan fingerprint density at radius 1 is 1.14 bits per heavy atom. The molecule has 0 aliphatic rings. The minimum Gasteiger partial charge on any atom is -0.493 e. The molecule has 0 aromatic heterocycles. The number of amides is 1. The number of nitrogens with two attached hydrogens (primary N) is 1. The van der Waals surface area contributed by atoms with Crippen LogP contribution in [0.1, 0.15) is 31.9 Å². The second kappa shape index (κ2) is 7.73. The summed E-state index contributed by atoms with van der Waals surface area (Å²) >= 11 is 0. The van der Waals surface area contributed by atoms with Gasteiger partial charge in [-0.25, -0.2) is 0 Å². The maximum atomic E-state index is 10.9. The van der Waals surface area contributed by atoms with Gasteiger partial charge in [0.2, 0.25) is 11.7 Å². The first-order chi connectivity index (χ1) is 9.92. The van der Waals surface area contributed by atoms with Crippen molar-refractivity contribution in [2.45, 2.75) is 32.4 Å². The van der Waals surface area contributed by atoms with Crippen LogP contribution >= 0.6 is 0 Å². The molecule has 0 saturated heterocycles. The van der Waals surface area contributed by atoms with Crippen LogP contribution in [-0.4, -0.2) is 33.3 Å². The summed E-state index contributed by atoms with van der Waals surface area (Å²) in [5, 5.41) is 3.31. The molecule has 0 aliphatic heterocycles. The van der Waals surface area contributed by atoms with Crippen molar-refractivity contribution in [1.82, 2.24) is 5.32 Å². The number of hydrogen-bond acceptors (Lipinski definition) is 5. The molecule has 0 radical (unpaired) electrons. The number of methoxy groups -OCH3 is 3. The monoisotopic (exact) mass is 296 g/mol. The van der Waals surface area contributed by atoms with Crippen LogP contribution in [-0.2, 0) is 4.79 Å². The molecule has 0 heterocycles. The molecule has 0 spiro atoms. The fourth-order valence-electron chi connectivity index (χ4n) is 2.24. The summed E-state index contributed by atoms with van der Waals surface area (Å²) in [6.45, 7) is 3.91. The normalized spacial score (nSPS) is 13.4. The lowest BCUT2D eigenvalue weighted by molar-refractivity contribution is -0.118. The lowest BCUT2D eigenvalue weighted by Gasteiger charge is -2.21. The maximum absolute atomic E-state index is 10.9. The van der Waals surface area contributed by atoms with Crippen molar-refractivity contribution in [2.24, 2.45) is 5.73 Å². The Balaban J connectivity index is 2.99. The Labute approximate surface area is 125 Å². The van der Waals surface area contributed by atoms with Gasteiger partial charge in [0.15, 0.2) is 11.5 Å². The molecule has 118 valence electrons. The standard InChI is InChI=1S/C15H24N2O4/c1-9(6-14(16)18)17-10(2)11-7-12(19-3)15(21-5)13(8-11)20-4/h7-10,17H,6H2,1-5H3,(H2,16,18). The van der Waals surface area contributed by atoms with Crippen molar-refractivity contribution in [3.05, 3.63) is 17.7 Å². The number of benzene rings is 1. The van der Waals surface area contributed by atoms with E-state index in [-0.39, 0.29) is 24.4 Å². The summed E-state index contributed by atoms with van der Waals surface area (Å²) in [5.41, 5.74) is 6.17. The highest BCUT2D eigenvalue weighted by atomic mass is 16.5. The van der Waals surface area contributed by atoms with Gasteiger partial charge in [-0.2, -0.15) is 0 Å². The van der Waals surface area contributed by atoms with Crippen molar-refractivity contribution < 1.29 is 19.0 Å². The second-order valence-corrected chi connectivity index (χ2v) is 4.92. The van der Waals surface area contributed by atoms with Gasteiger partial charge in [-0.1, -0.05) is 0 Å². The third-order valence-electron chi connectivity index (χ3n) is 3.23. The van der Waals surface area contributed by atoms with Gasteiger partial charge in [0, 0.05) is 18.5 Å². The lowest BCUT2D eigenvalue weighted by Crippen LogP contribution is -2.32. The molecule has 1 amide bonds. The van der Waals surface area contributed by atoms with Crippen molar-refractivity contribution >= 4 is 5.91 Å². The Hall–Kier alpha value is -1.95. The molecular weight excluding hydrogens is 272 g/mol. The minimum absolute atomic E-state index is 0.00746. The third kappa shape index (κ3) is 4.53. The molecule has 0 fully saturated rings. The first-order valence-corrected chi connectivity index (χ1v) is 6.77. The van der Waals surface area contributed by atoms with Crippen LogP contribution in [0, 0.1) is 0 Å². The molecule has 21 heavy (non-hydrogen) atoms. The van der Waals surface area contributed by atoms with Crippen LogP contribution < -0.4 is 25.3 Å². The van der Waals surface area contributed by atoms with Crippen molar-refractivity contribution in [2.75, 3.05) is 21.3 Å². The Morgan fingerprint density at radius 2 is 1.67 bits per heavy atom. The van der Waals surface area contributed by atoms with E-state index >= 15 is 0 Å². The molecule has 1 aromatic carbocycles. The molecule has 2 unspecified atom stereocenters. The predicted octanol–water partition coefficient (Wildman–Crippen LogP) is 1.63. The zero-order chi connectivity index (χ0) is 16.0. The highest BCUT2D eigenvalue weighted by Crippen LogP contribution is 2.39. The van der Waals surface area contributed by atoms with E-state index in [1.54, 1.807) is 21.3 Å². The molecule has 6 nitrogen and oxygen atoms in total. The SMILES string of the molecule is COc1cc(C(C)NC(C)CC(N)=O)cc(OC)c1OC. The topological polar surface area (TPSA) is 82.8 Å². The number of rotatable bonds is 8. The number of primary amides is 1. The summed E-state index contributed by atoms with van der Waals surface area (Å²) in [4.78, 5) is 10.9. The van der Waals surface area contributed by atoms with E-state index in [2.05, 4.69) is 5.32 Å². The third-order valence-corrected chi connectivity index (χ3v) is 3.23. The van der Waals surface area contributed by atoms with Gasteiger partial charge >= 0.3 is 0 Å². The molecule has 0 bridgehead atoms. The van der Waals surface area contributed by atoms with Gasteiger partial charge in [-0.05, 0) is 31.5 Å². The van der Waals surface area contributed by atoms with E-state index < -0.39 is 0 Å². The summed E-state index contributed by atoms with van der Waals surface area (Å²) in [6, 6.07) is 3.76. The second-order valence-electron chi connectivity index (χ2n) is 4.92. The molecule has 3 N–H and O–H groups in total. The number of nitrogens with one attached hydrogen (secondary N) is 1. The number of carbonyl (C=O) groups excluding carboxylic acids is 1. The molecule has 0 saturated carbocycles. The molecular formula is C15H24N2O4. The van der Waals surface area contributed by atoms with Crippen molar-refractivity contribution in [3.63, 3.8) is 0 Å². The van der Waals surface area contributed by atoms with Crippen LogP contribution in [0.3, 0.4) is 0 Å². The number of carbonyl (C=O) groups is 1. The van der Waals surface area contributed by atoms with E-state index in [1.807, 2.05) is 26.0 Å². The Morgan fingerprint density at radius 3 is 2.05 bits per heavy atom. The lowest BCUT2D eigenvalue weighted by atomic mass is 10.1. The van der Waals surface area contributed by atoms with E-state index in [0.717, 1.165) is 5.56 Å². The quantitative estimate of drug-likeness (QED) is 0.762. The summed E-state index contributed by atoms with van der Waals surface area (Å²) in [7, 11) is 4.72. The van der Waals surface area contributed by atoms with Gasteiger partial charge in [0.1, 0.15) is 0 Å². The van der Waals surface area contributed by atoms with Crippen LogP contribution in [0.2, 0.25) is 0 Å². The smallest absolute Gasteiger partial charge is 0.218 e. The zero-order valence-corrected chi connectivity index (χ0v) is 13.2. The summed E-state index contributed by atoms with van der Waals surface area (Å²) in [6.07, 6.45) is 0.286. The van der Waals surface area contributed by atoms with E-state index in [1.165, 1.54) is 0 Å². The highest BCUT2D eigenvalue weighted by molar-refractivity contribution is 5.74. The van der Waals surface area contributed by atoms with Crippen LogP contribution in [0.15, 0.2) is 12.1 Å². The van der Waals surface area contributed by atoms with Gasteiger partial charge in [-0.15, -0.1) is 0 Å². The molecule has 1 aromatic rings. The van der Waals surface area contributed by atoms with Crippen LogP contribution in [0.4, 0.5) is 0 Å². The predicted molar refractivity (Wildman–Crippen MR) is 80.9 cm³/mol. The number of ether oxygens (including phenoxy) is 3. The van der Waals surface area contributed by atoms with Gasteiger partial charge in [0.25, 0.3) is 0 Å². The fourth-order valence-corrected chi connectivity index (χ4v) is 2.24. The average Bonchev–Trinajstić information content (AvgIpc) is 2.44. The first-order valence-electron chi connectivity index (χ1n) is 6.77. The van der Waals surface area contributed by atoms with Gasteiger partial charge in [-0.3, -0.25) is 4.79 Å². The molecule has 2 atom stereocenters. The van der Waals surface area contributed by atoms with Crippen molar-refractivity contribution in [1.29, 1.82) is 0 Å². The van der Waals surface area contributed by atoms with Crippen LogP contribution in [0.25, 0.3) is 0 Å². The Bertz CT molecular complexity index is 466. The summed E-state index contributed by atoms with van der Waals surface area (Å²) < 4.78 is 16.0. The minimum atomic E-state index is -0.327. The summed E-state index contributed by atoms with van der Waals surface area (Å²) in [5.74, 6) is 1.43. The largest absolute Gasteiger partial charge is 0.493 e. The van der Waals surface area contributed by atoms with Crippen LogP contribution in [0.5, 0.6) is 17.2 Å². The van der Waals surface area contributed by atoms with Gasteiger partial charge in [0.05, 0.1) is 21.3 Å². The average molecular weight is 296 g/mol. The van der Waals surface area contributed by atoms with E-state index in [9.17, 15) is 4.79 Å². The zero-order valence-electron chi connectivity index (χ0n) is 13.2. The van der Waals surface area contributed by atoms with Gasteiger partial charge < -0.3 is 25.3 Å². The van der Waals surface area contributed by atoms with E-state index in [4.69, 9.17) is 19.9 Å². The van der Waals surface area contributed by atoms with Crippen molar-refractivity contribution in [3.8, 4) is 17.2 Å². The molecule has 1 rings (SSSR count). The molecule has 6 heteroatoms. The Kier molecular flexibility index (Phi) is 6.30. The fraction of sp³-hybridized carbons (Fsp3) is 0.533. The number of hydrogen-bond donors (Lipinski definition) is 2. The molecule has 0 aliphatic carbocycles.